The number of carbonyl (C=O) groups is 1. The third-order valence-corrected chi connectivity index (χ3v) is 8.93. The summed E-state index contributed by atoms with van der Waals surface area (Å²) in [5.41, 5.74) is 3.63. The highest BCUT2D eigenvalue weighted by Gasteiger charge is 2.34. The van der Waals surface area contributed by atoms with Crippen LogP contribution in [0, 0.1) is 11.6 Å². The van der Waals surface area contributed by atoms with E-state index in [-0.39, 0.29) is 35.9 Å². The molecule has 1 N–H and O–H groups in total. The molecule has 2 aliphatic rings. The van der Waals surface area contributed by atoms with Gasteiger partial charge >= 0.3 is 5.97 Å². The Bertz CT molecular complexity index is 2270. The maximum Gasteiger partial charge on any atom is 0.330 e. The zero-order valence-corrected chi connectivity index (χ0v) is 27.8. The molecule has 8 rings (SSSR count). The Balaban J connectivity index is 1.36. The molecule has 0 saturated heterocycles. The van der Waals surface area contributed by atoms with E-state index in [0.717, 1.165) is 16.5 Å². The molecule has 2 aliphatic heterocycles. The van der Waals surface area contributed by atoms with Crippen LogP contribution in [0.5, 0.6) is 11.5 Å². The summed E-state index contributed by atoms with van der Waals surface area (Å²) >= 11 is 0. The highest BCUT2D eigenvalue weighted by molar-refractivity contribution is 5.87. The second-order valence-corrected chi connectivity index (χ2v) is 12.3. The Labute approximate surface area is 287 Å². The fourth-order valence-corrected chi connectivity index (χ4v) is 6.24. The maximum atomic E-state index is 15.7. The van der Waals surface area contributed by atoms with Gasteiger partial charge in [-0.15, -0.1) is 0 Å². The number of aromatic amines is 1. The molecule has 0 fully saturated rings. The van der Waals surface area contributed by atoms with Crippen molar-refractivity contribution in [3.05, 3.63) is 131 Å². The lowest BCUT2D eigenvalue weighted by atomic mass is 9.77. The van der Waals surface area contributed by atoms with Crippen LogP contribution in [0.3, 0.4) is 0 Å². The molecule has 9 nitrogen and oxygen atoms in total. The SMILES string of the molecule is CCOC(=O)/C=C/c1cccc(C2(C)CC/C=C\c3cnc(cn3)Cc3c(c(F)cc4[nH]ccc34)Oc3ccc(F)c(c3)-c3nc2nn3C)c1. The third kappa shape index (κ3) is 6.41. The van der Waals surface area contributed by atoms with Crippen molar-refractivity contribution in [3.63, 3.8) is 0 Å². The average Bonchev–Trinajstić information content (AvgIpc) is 3.75. The number of aryl methyl sites for hydroxylation is 1. The molecule has 0 spiro atoms. The molecule has 6 bridgehead atoms. The van der Waals surface area contributed by atoms with Crippen molar-refractivity contribution >= 4 is 29.0 Å². The summed E-state index contributed by atoms with van der Waals surface area (Å²) < 4.78 is 44.1. The quantitative estimate of drug-likeness (QED) is 0.149. The van der Waals surface area contributed by atoms with Gasteiger partial charge in [-0.3, -0.25) is 9.97 Å². The Morgan fingerprint density at radius 1 is 1.10 bits per heavy atom. The van der Waals surface area contributed by atoms with Crippen LogP contribution >= 0.6 is 0 Å². The monoisotopic (exact) mass is 672 g/mol. The van der Waals surface area contributed by atoms with E-state index in [1.54, 1.807) is 43.3 Å². The zero-order chi connectivity index (χ0) is 34.8. The van der Waals surface area contributed by atoms with Crippen molar-refractivity contribution in [1.82, 2.24) is 29.7 Å². The van der Waals surface area contributed by atoms with Crippen LogP contribution in [-0.2, 0) is 28.4 Å². The maximum absolute atomic E-state index is 15.7. The summed E-state index contributed by atoms with van der Waals surface area (Å²) in [6.07, 6.45) is 13.6. The molecule has 11 heteroatoms. The number of ether oxygens (including phenoxy) is 2. The smallest absolute Gasteiger partial charge is 0.330 e. The van der Waals surface area contributed by atoms with Gasteiger partial charge in [0.15, 0.2) is 23.2 Å². The second kappa shape index (κ2) is 13.5. The van der Waals surface area contributed by atoms with Gasteiger partial charge in [0.2, 0.25) is 0 Å². The van der Waals surface area contributed by atoms with Crippen LogP contribution in [0.15, 0.2) is 85.3 Å². The molecule has 3 aromatic carbocycles. The molecular weight excluding hydrogens is 638 g/mol. The summed E-state index contributed by atoms with van der Waals surface area (Å²) in [5.74, 6) is -0.517. The number of rotatable bonds is 4. The van der Waals surface area contributed by atoms with Gasteiger partial charge in [0.05, 0.1) is 35.2 Å². The molecule has 6 aromatic rings. The first-order valence-electron chi connectivity index (χ1n) is 16.3. The largest absolute Gasteiger partial charge is 0.463 e. The summed E-state index contributed by atoms with van der Waals surface area (Å²) in [5, 5.41) is 5.59. The normalized spacial score (nSPS) is 16.7. The van der Waals surface area contributed by atoms with E-state index < -0.39 is 23.0 Å². The highest BCUT2D eigenvalue weighted by Crippen LogP contribution is 2.39. The van der Waals surface area contributed by atoms with Gasteiger partial charge in [-0.2, -0.15) is 5.10 Å². The summed E-state index contributed by atoms with van der Waals surface area (Å²) in [6.45, 7) is 4.09. The molecule has 1 unspecified atom stereocenters. The van der Waals surface area contributed by atoms with Gasteiger partial charge in [-0.1, -0.05) is 30.3 Å². The first-order chi connectivity index (χ1) is 24.2. The second-order valence-electron chi connectivity index (χ2n) is 12.3. The molecular formula is C39H34F2N6O3. The van der Waals surface area contributed by atoms with Crippen LogP contribution in [0.1, 0.15) is 60.6 Å². The van der Waals surface area contributed by atoms with E-state index in [0.29, 0.717) is 41.1 Å². The highest BCUT2D eigenvalue weighted by atomic mass is 19.1. The molecule has 1 atom stereocenters. The fourth-order valence-electron chi connectivity index (χ4n) is 6.24. The number of fused-ring (bicyclic) bond motifs is 6. The van der Waals surface area contributed by atoms with Crippen LogP contribution in [0.4, 0.5) is 8.78 Å². The van der Waals surface area contributed by atoms with Crippen molar-refractivity contribution in [2.24, 2.45) is 7.05 Å². The lowest BCUT2D eigenvalue weighted by Gasteiger charge is -2.27. The Hall–Kier alpha value is -5.97. The topological polar surface area (TPSA) is 108 Å². The number of H-pyrrole nitrogens is 1. The van der Waals surface area contributed by atoms with Gasteiger partial charge in [0.1, 0.15) is 11.6 Å². The van der Waals surface area contributed by atoms with Crippen molar-refractivity contribution < 1.29 is 23.0 Å². The Kier molecular flexibility index (Phi) is 8.80. The number of benzene rings is 3. The molecule has 0 amide bonds. The Morgan fingerprint density at radius 2 is 1.98 bits per heavy atom. The van der Waals surface area contributed by atoms with Gasteiger partial charge in [-0.25, -0.2) is 23.2 Å². The van der Waals surface area contributed by atoms with Gasteiger partial charge in [-0.05, 0) is 74.2 Å². The van der Waals surface area contributed by atoms with Crippen LogP contribution in [0.2, 0.25) is 0 Å². The van der Waals surface area contributed by atoms with Crippen molar-refractivity contribution in [1.29, 1.82) is 0 Å². The number of halogens is 2. The number of aromatic nitrogens is 6. The standard InChI is InChI=1S/C39H34F2N6O3/c1-4-49-35(48)14-11-24-8-7-9-25(18-24)39(2)16-6-5-10-26-22-44-27(23-43-26)19-30-29-15-17-42-34(29)21-33(41)36(30)50-28-12-13-32(40)31(20-28)37-45-38(39)46-47(37)3/h5,7-15,17-18,20-23,42H,4,6,16,19H2,1-3H3/b10-5-,14-11+. The number of nitrogens with one attached hydrogen (secondary N) is 1. The lowest BCUT2D eigenvalue weighted by molar-refractivity contribution is -0.137. The van der Waals surface area contributed by atoms with E-state index in [1.807, 2.05) is 49.4 Å². The van der Waals surface area contributed by atoms with E-state index in [9.17, 15) is 4.79 Å². The predicted molar refractivity (Wildman–Crippen MR) is 186 cm³/mol. The number of carbonyl (C=O) groups excluding carboxylic acids is 1. The zero-order valence-electron chi connectivity index (χ0n) is 27.8. The molecule has 0 saturated carbocycles. The van der Waals surface area contributed by atoms with Crippen LogP contribution in [0.25, 0.3) is 34.4 Å². The average molecular weight is 673 g/mol. The number of nitrogens with zero attached hydrogens (tertiary/aromatic N) is 5. The minimum atomic E-state index is -0.735. The molecule has 0 aliphatic carbocycles. The van der Waals surface area contributed by atoms with Gasteiger partial charge < -0.3 is 14.5 Å². The summed E-state index contributed by atoms with van der Waals surface area (Å²) in [6, 6.07) is 15.3. The van der Waals surface area contributed by atoms with E-state index in [1.165, 1.54) is 30.3 Å². The first-order valence-corrected chi connectivity index (χ1v) is 16.3. The molecule has 3 aromatic heterocycles. The molecule has 0 radical (unpaired) electrons. The third-order valence-electron chi connectivity index (χ3n) is 8.93. The molecule has 252 valence electrons. The first kappa shape index (κ1) is 32.6. The minimum absolute atomic E-state index is 0.0152. The molecule has 5 heterocycles. The Morgan fingerprint density at radius 3 is 2.80 bits per heavy atom. The van der Waals surface area contributed by atoms with Gasteiger partial charge in [0, 0.05) is 54.5 Å². The van der Waals surface area contributed by atoms with Crippen LogP contribution in [-0.4, -0.2) is 42.3 Å². The molecule has 50 heavy (non-hydrogen) atoms. The number of allylic oxidation sites excluding steroid dienone is 1. The lowest BCUT2D eigenvalue weighted by Crippen LogP contribution is -2.25. The van der Waals surface area contributed by atoms with Crippen molar-refractivity contribution in [2.45, 2.75) is 38.5 Å². The summed E-state index contributed by atoms with van der Waals surface area (Å²) in [4.78, 5) is 29.2. The predicted octanol–water partition coefficient (Wildman–Crippen LogP) is 8.10. The van der Waals surface area contributed by atoms with E-state index >= 15 is 8.78 Å². The van der Waals surface area contributed by atoms with E-state index in [4.69, 9.17) is 19.6 Å². The van der Waals surface area contributed by atoms with E-state index in [2.05, 4.69) is 15.0 Å². The summed E-state index contributed by atoms with van der Waals surface area (Å²) in [7, 11) is 1.71. The van der Waals surface area contributed by atoms with Crippen molar-refractivity contribution in [3.8, 4) is 22.9 Å². The fraction of sp³-hybridized carbons (Fsp3) is 0.205. The van der Waals surface area contributed by atoms with Gasteiger partial charge in [0.25, 0.3) is 0 Å². The number of hydrogen-bond acceptors (Lipinski definition) is 7. The number of esters is 1. The van der Waals surface area contributed by atoms with Crippen molar-refractivity contribution in [2.75, 3.05) is 6.61 Å². The number of hydrogen-bond donors (Lipinski definition) is 1. The minimum Gasteiger partial charge on any atom is -0.463 e. The van der Waals surface area contributed by atoms with Crippen LogP contribution < -0.4 is 4.74 Å².